The van der Waals surface area contributed by atoms with Crippen molar-refractivity contribution >= 4 is 17.7 Å². The fourth-order valence-corrected chi connectivity index (χ4v) is 2.88. The van der Waals surface area contributed by atoms with E-state index in [0.29, 0.717) is 5.71 Å². The van der Waals surface area contributed by atoms with E-state index in [0.717, 1.165) is 11.1 Å². The van der Waals surface area contributed by atoms with Gasteiger partial charge in [-0.25, -0.2) is 4.79 Å². The van der Waals surface area contributed by atoms with Gasteiger partial charge >= 0.3 is 11.9 Å². The number of carbonyl (C=O) groups excluding carboxylic acids is 2. The maximum Gasteiger partial charge on any atom is 0.331 e. The highest BCUT2D eigenvalue weighted by Crippen LogP contribution is 2.21. The van der Waals surface area contributed by atoms with Crippen molar-refractivity contribution in [3.8, 4) is 0 Å². The van der Waals surface area contributed by atoms with Gasteiger partial charge in [0.25, 0.3) is 0 Å². The van der Waals surface area contributed by atoms with E-state index in [-0.39, 0.29) is 18.3 Å². The Morgan fingerprint density at radius 3 is 1.83 bits per heavy atom. The number of rotatable bonds is 7. The Labute approximate surface area is 172 Å². The molecule has 0 aromatic heterocycles. The van der Waals surface area contributed by atoms with Crippen LogP contribution in [0.25, 0.3) is 0 Å². The number of aliphatic imine (C=N–C) groups is 1. The number of benzene rings is 2. The molecule has 2 aromatic rings. The first-order valence-electron chi connectivity index (χ1n) is 9.69. The predicted molar refractivity (Wildman–Crippen MR) is 114 cm³/mol. The zero-order chi connectivity index (χ0) is 21.4. The van der Waals surface area contributed by atoms with Crippen molar-refractivity contribution in [3.63, 3.8) is 0 Å². The molecule has 5 heteroatoms. The Hall–Kier alpha value is -2.95. The van der Waals surface area contributed by atoms with E-state index in [2.05, 4.69) is 0 Å². The fraction of sp³-hybridized carbons (Fsp3) is 0.375. The molecule has 0 fully saturated rings. The number of hydrogen-bond donors (Lipinski definition) is 0. The van der Waals surface area contributed by atoms with Gasteiger partial charge in [-0.1, -0.05) is 67.6 Å². The highest BCUT2D eigenvalue weighted by atomic mass is 16.6. The molecule has 2 atom stereocenters. The molecule has 0 saturated heterocycles. The van der Waals surface area contributed by atoms with Crippen LogP contribution in [-0.4, -0.2) is 36.4 Å². The second-order valence-corrected chi connectivity index (χ2v) is 7.95. The van der Waals surface area contributed by atoms with Gasteiger partial charge in [0, 0.05) is 11.1 Å². The molecule has 0 aliphatic heterocycles. The second kappa shape index (κ2) is 10.0. The van der Waals surface area contributed by atoms with Crippen LogP contribution in [0, 0.1) is 5.92 Å². The van der Waals surface area contributed by atoms with E-state index < -0.39 is 17.6 Å². The summed E-state index contributed by atoms with van der Waals surface area (Å²) in [5.41, 5.74) is 1.80. The number of ether oxygens (including phenoxy) is 2. The largest absolute Gasteiger partial charge is 0.469 e. The molecule has 5 nitrogen and oxygen atoms in total. The van der Waals surface area contributed by atoms with Crippen molar-refractivity contribution < 1.29 is 19.1 Å². The fourth-order valence-electron chi connectivity index (χ4n) is 2.88. The monoisotopic (exact) mass is 395 g/mol. The standard InChI is InChI=1S/C24H29NO4/c1-17(16-20(26)28-5)21(23(27)29-24(2,3)4)25-22(18-12-8-6-9-13-18)19-14-10-7-11-15-19/h6-15,17,21H,16H2,1-5H3/t17-,21-/m0/s1. The average Bonchev–Trinajstić information content (AvgIpc) is 2.68. The third-order valence-electron chi connectivity index (χ3n) is 4.27. The Balaban J connectivity index is 2.53. The molecule has 29 heavy (non-hydrogen) atoms. The molecule has 0 spiro atoms. The van der Waals surface area contributed by atoms with Gasteiger partial charge < -0.3 is 9.47 Å². The van der Waals surface area contributed by atoms with E-state index in [1.54, 1.807) is 0 Å². The molecule has 0 N–H and O–H groups in total. The van der Waals surface area contributed by atoms with Crippen LogP contribution in [0.2, 0.25) is 0 Å². The maximum atomic E-state index is 13.0. The molecule has 0 aliphatic rings. The first-order valence-corrected chi connectivity index (χ1v) is 9.69. The summed E-state index contributed by atoms with van der Waals surface area (Å²) in [5, 5.41) is 0. The van der Waals surface area contributed by atoms with Crippen LogP contribution in [-0.2, 0) is 19.1 Å². The van der Waals surface area contributed by atoms with Crippen molar-refractivity contribution in [1.82, 2.24) is 0 Å². The van der Waals surface area contributed by atoms with Gasteiger partial charge in [-0.2, -0.15) is 0 Å². The van der Waals surface area contributed by atoms with Gasteiger partial charge in [0.15, 0.2) is 6.04 Å². The summed E-state index contributed by atoms with van der Waals surface area (Å²) in [6.07, 6.45) is 0.0702. The summed E-state index contributed by atoms with van der Waals surface area (Å²) in [5.74, 6) is -1.24. The Morgan fingerprint density at radius 1 is 0.931 bits per heavy atom. The van der Waals surface area contributed by atoms with Gasteiger partial charge in [-0.15, -0.1) is 0 Å². The topological polar surface area (TPSA) is 65.0 Å². The molecule has 0 saturated carbocycles. The lowest BCUT2D eigenvalue weighted by Gasteiger charge is -2.25. The molecular weight excluding hydrogens is 366 g/mol. The summed E-state index contributed by atoms with van der Waals surface area (Å²) in [6, 6.07) is 18.5. The SMILES string of the molecule is COC(=O)C[C@H](C)[C@H](N=C(c1ccccc1)c1ccccc1)C(=O)OC(C)(C)C. The second-order valence-electron chi connectivity index (χ2n) is 7.95. The molecule has 0 bridgehead atoms. The number of hydrogen-bond acceptors (Lipinski definition) is 5. The molecule has 0 heterocycles. The Kier molecular flexibility index (Phi) is 7.71. The van der Waals surface area contributed by atoms with Crippen molar-refractivity contribution in [3.05, 3.63) is 71.8 Å². The van der Waals surface area contributed by atoms with Crippen LogP contribution in [0.15, 0.2) is 65.7 Å². The van der Waals surface area contributed by atoms with Crippen LogP contribution < -0.4 is 0 Å². The first kappa shape index (κ1) is 22.3. The number of esters is 2. The molecule has 0 radical (unpaired) electrons. The summed E-state index contributed by atoms with van der Waals surface area (Å²) in [6.45, 7) is 7.24. The molecular formula is C24H29NO4. The number of nitrogens with zero attached hydrogens (tertiary/aromatic N) is 1. The third kappa shape index (κ3) is 6.86. The minimum atomic E-state index is -0.844. The minimum absolute atomic E-state index is 0.0702. The molecule has 154 valence electrons. The lowest BCUT2D eigenvalue weighted by molar-refractivity contribution is -0.158. The summed E-state index contributed by atoms with van der Waals surface area (Å²) >= 11 is 0. The van der Waals surface area contributed by atoms with E-state index in [9.17, 15) is 9.59 Å². The van der Waals surface area contributed by atoms with Gasteiger partial charge in [0.05, 0.1) is 19.2 Å². The molecule has 2 aromatic carbocycles. The molecule has 2 rings (SSSR count). The smallest absolute Gasteiger partial charge is 0.331 e. The van der Waals surface area contributed by atoms with Crippen LogP contribution in [0.3, 0.4) is 0 Å². The molecule has 0 aliphatic carbocycles. The van der Waals surface area contributed by atoms with Crippen LogP contribution in [0.1, 0.15) is 45.2 Å². The highest BCUT2D eigenvalue weighted by molar-refractivity contribution is 6.13. The highest BCUT2D eigenvalue weighted by Gasteiger charge is 2.32. The normalized spacial score (nSPS) is 13.1. The van der Waals surface area contributed by atoms with Crippen LogP contribution in [0.5, 0.6) is 0 Å². The van der Waals surface area contributed by atoms with Gasteiger partial charge in [0.2, 0.25) is 0 Å². The summed E-state index contributed by atoms with van der Waals surface area (Å²) < 4.78 is 10.4. The van der Waals surface area contributed by atoms with Gasteiger partial charge in [0.1, 0.15) is 5.60 Å². The maximum absolute atomic E-state index is 13.0. The van der Waals surface area contributed by atoms with Crippen molar-refractivity contribution in [2.24, 2.45) is 10.9 Å². The third-order valence-corrected chi connectivity index (χ3v) is 4.27. The quantitative estimate of drug-likeness (QED) is 0.514. The van der Waals surface area contributed by atoms with Crippen LogP contribution in [0.4, 0.5) is 0 Å². The van der Waals surface area contributed by atoms with Crippen molar-refractivity contribution in [2.75, 3.05) is 7.11 Å². The Morgan fingerprint density at radius 2 is 1.41 bits per heavy atom. The van der Waals surface area contributed by atoms with E-state index >= 15 is 0 Å². The minimum Gasteiger partial charge on any atom is -0.469 e. The van der Waals surface area contributed by atoms with Crippen molar-refractivity contribution in [2.45, 2.75) is 45.8 Å². The first-order chi connectivity index (χ1) is 13.7. The van der Waals surface area contributed by atoms with Gasteiger partial charge in [-0.3, -0.25) is 9.79 Å². The van der Waals surface area contributed by atoms with E-state index in [4.69, 9.17) is 14.5 Å². The zero-order valence-electron chi connectivity index (χ0n) is 17.7. The van der Waals surface area contributed by atoms with Gasteiger partial charge in [-0.05, 0) is 26.7 Å². The zero-order valence-corrected chi connectivity index (χ0v) is 17.7. The average molecular weight is 395 g/mol. The lowest BCUT2D eigenvalue weighted by atomic mass is 9.96. The predicted octanol–water partition coefficient (Wildman–Crippen LogP) is 4.43. The number of methoxy groups -OCH3 is 1. The number of carbonyl (C=O) groups is 2. The van der Waals surface area contributed by atoms with Crippen LogP contribution >= 0.6 is 0 Å². The summed E-state index contributed by atoms with van der Waals surface area (Å²) in [7, 11) is 1.33. The molecule has 0 unspecified atom stereocenters. The van der Waals surface area contributed by atoms with Crippen molar-refractivity contribution in [1.29, 1.82) is 0 Å². The van der Waals surface area contributed by atoms with E-state index in [1.165, 1.54) is 7.11 Å². The molecule has 0 amide bonds. The lowest BCUT2D eigenvalue weighted by Crippen LogP contribution is -2.36. The summed E-state index contributed by atoms with van der Waals surface area (Å²) in [4.78, 5) is 29.6. The van der Waals surface area contributed by atoms with E-state index in [1.807, 2.05) is 88.4 Å². The Bertz CT molecular complexity index is 797.